The summed E-state index contributed by atoms with van der Waals surface area (Å²) in [6.07, 6.45) is -0.336. The van der Waals surface area contributed by atoms with Crippen LogP contribution in [0.4, 0.5) is 10.5 Å². The lowest BCUT2D eigenvalue weighted by Gasteiger charge is -2.15. The van der Waals surface area contributed by atoms with Crippen LogP contribution in [0, 0.1) is 10.1 Å². The average molecular weight is 296 g/mol. The van der Waals surface area contributed by atoms with Gasteiger partial charge in [-0.3, -0.25) is 14.9 Å². The molecule has 0 unspecified atom stereocenters. The molecule has 0 aliphatic carbocycles. The van der Waals surface area contributed by atoms with E-state index >= 15 is 0 Å². The number of amides is 1. The highest BCUT2D eigenvalue weighted by Gasteiger charge is 2.13. The summed E-state index contributed by atoms with van der Waals surface area (Å²) in [4.78, 5) is 32.3. The predicted octanol–water partition coefficient (Wildman–Crippen LogP) is 2.02. The summed E-state index contributed by atoms with van der Waals surface area (Å²) >= 11 is 0. The van der Waals surface area contributed by atoms with Gasteiger partial charge in [-0.25, -0.2) is 4.79 Å². The SMILES string of the molecule is CC[C@H](COC(=O)Oc1ccc([N+](=O)[O-])cc1)NC(C)=O. The number of nitrogens with zero attached hydrogens (tertiary/aromatic N) is 1. The lowest BCUT2D eigenvalue weighted by Crippen LogP contribution is -2.37. The largest absolute Gasteiger partial charge is 0.513 e. The third kappa shape index (κ3) is 5.89. The first-order valence-electron chi connectivity index (χ1n) is 6.28. The highest BCUT2D eigenvalue weighted by Crippen LogP contribution is 2.17. The lowest BCUT2D eigenvalue weighted by atomic mass is 10.2. The van der Waals surface area contributed by atoms with Gasteiger partial charge < -0.3 is 14.8 Å². The van der Waals surface area contributed by atoms with Crippen LogP contribution in [-0.4, -0.2) is 29.6 Å². The van der Waals surface area contributed by atoms with Crippen LogP contribution in [0.5, 0.6) is 5.75 Å². The molecule has 0 saturated heterocycles. The van der Waals surface area contributed by atoms with Gasteiger partial charge in [-0.15, -0.1) is 0 Å². The van der Waals surface area contributed by atoms with Crippen LogP contribution in [-0.2, 0) is 9.53 Å². The molecule has 1 aromatic carbocycles. The second kappa shape index (κ2) is 7.83. The van der Waals surface area contributed by atoms with Gasteiger partial charge in [-0.2, -0.15) is 0 Å². The topological polar surface area (TPSA) is 108 Å². The zero-order valence-electron chi connectivity index (χ0n) is 11.7. The molecule has 1 aromatic rings. The molecule has 1 rings (SSSR count). The third-order valence-corrected chi connectivity index (χ3v) is 2.55. The van der Waals surface area contributed by atoms with Gasteiger partial charge in [0.2, 0.25) is 5.91 Å². The molecular weight excluding hydrogens is 280 g/mol. The quantitative estimate of drug-likeness (QED) is 0.372. The number of ether oxygens (including phenoxy) is 2. The zero-order chi connectivity index (χ0) is 15.8. The van der Waals surface area contributed by atoms with Crippen LogP contribution in [0.3, 0.4) is 0 Å². The fourth-order valence-corrected chi connectivity index (χ4v) is 1.48. The van der Waals surface area contributed by atoms with Crippen molar-refractivity contribution in [2.24, 2.45) is 0 Å². The van der Waals surface area contributed by atoms with Gasteiger partial charge in [0.25, 0.3) is 5.69 Å². The standard InChI is InChI=1S/C13H16N2O6/c1-3-10(14-9(2)16)8-20-13(17)21-12-6-4-11(5-7-12)15(18)19/h4-7,10H,3,8H2,1-2H3,(H,14,16)/t10-/m1/s1. The number of carbonyl (C=O) groups excluding carboxylic acids is 2. The molecule has 0 spiro atoms. The molecule has 0 fully saturated rings. The minimum Gasteiger partial charge on any atom is -0.432 e. The molecule has 0 aromatic heterocycles. The smallest absolute Gasteiger partial charge is 0.432 e. The molecule has 0 heterocycles. The minimum absolute atomic E-state index is 0.0120. The molecule has 0 saturated carbocycles. The van der Waals surface area contributed by atoms with E-state index in [-0.39, 0.29) is 30.0 Å². The molecule has 0 aliphatic rings. The highest BCUT2D eigenvalue weighted by molar-refractivity contribution is 5.73. The Labute approximate surface area is 121 Å². The number of hydrogen-bond acceptors (Lipinski definition) is 6. The van der Waals surface area contributed by atoms with Crippen molar-refractivity contribution in [3.63, 3.8) is 0 Å². The summed E-state index contributed by atoms with van der Waals surface area (Å²) in [7, 11) is 0. The van der Waals surface area contributed by atoms with E-state index in [1.807, 2.05) is 6.92 Å². The van der Waals surface area contributed by atoms with Crippen LogP contribution in [0.1, 0.15) is 20.3 Å². The Balaban J connectivity index is 2.46. The normalized spacial score (nSPS) is 11.3. The van der Waals surface area contributed by atoms with Crippen LogP contribution < -0.4 is 10.1 Å². The number of nitro benzene ring substituents is 1. The van der Waals surface area contributed by atoms with Crippen molar-refractivity contribution in [2.45, 2.75) is 26.3 Å². The van der Waals surface area contributed by atoms with Gasteiger partial charge in [0, 0.05) is 19.1 Å². The summed E-state index contributed by atoms with van der Waals surface area (Å²) in [6.45, 7) is 3.20. The summed E-state index contributed by atoms with van der Waals surface area (Å²) in [6, 6.07) is 4.74. The number of non-ortho nitro benzene ring substituents is 1. The van der Waals surface area contributed by atoms with E-state index in [1.54, 1.807) is 0 Å². The van der Waals surface area contributed by atoms with E-state index in [0.717, 1.165) is 0 Å². The van der Waals surface area contributed by atoms with Crippen molar-refractivity contribution < 1.29 is 24.0 Å². The zero-order valence-corrected chi connectivity index (χ0v) is 11.7. The molecule has 21 heavy (non-hydrogen) atoms. The van der Waals surface area contributed by atoms with E-state index in [9.17, 15) is 19.7 Å². The van der Waals surface area contributed by atoms with Crippen LogP contribution >= 0.6 is 0 Å². The van der Waals surface area contributed by atoms with E-state index in [0.29, 0.717) is 6.42 Å². The minimum atomic E-state index is -0.937. The molecule has 1 atom stereocenters. The Bertz CT molecular complexity index is 514. The Hall–Kier alpha value is -2.64. The fraction of sp³-hybridized carbons (Fsp3) is 0.385. The first-order chi connectivity index (χ1) is 9.92. The van der Waals surface area contributed by atoms with Gasteiger partial charge in [0.15, 0.2) is 0 Å². The Morgan fingerprint density at radius 2 is 1.95 bits per heavy atom. The molecule has 8 heteroatoms. The van der Waals surface area contributed by atoms with Crippen LogP contribution in [0.25, 0.3) is 0 Å². The maximum atomic E-state index is 11.4. The average Bonchev–Trinajstić information content (AvgIpc) is 2.43. The summed E-state index contributed by atoms with van der Waals surface area (Å²) in [5.74, 6) is -0.0765. The first kappa shape index (κ1) is 16.4. The number of rotatable bonds is 6. The second-order valence-corrected chi connectivity index (χ2v) is 4.22. The number of hydrogen-bond donors (Lipinski definition) is 1. The monoisotopic (exact) mass is 296 g/mol. The van der Waals surface area contributed by atoms with Crippen LogP contribution in [0.15, 0.2) is 24.3 Å². The number of nitro groups is 1. The molecule has 0 aliphatic heterocycles. The Morgan fingerprint density at radius 3 is 2.43 bits per heavy atom. The molecular formula is C13H16N2O6. The summed E-state index contributed by atoms with van der Waals surface area (Å²) in [5, 5.41) is 13.1. The van der Waals surface area contributed by atoms with E-state index in [1.165, 1.54) is 31.2 Å². The highest BCUT2D eigenvalue weighted by atomic mass is 16.7. The molecule has 1 amide bonds. The summed E-state index contributed by atoms with van der Waals surface area (Å²) < 4.78 is 9.72. The van der Waals surface area contributed by atoms with E-state index < -0.39 is 11.1 Å². The third-order valence-electron chi connectivity index (χ3n) is 2.55. The van der Waals surface area contributed by atoms with Gasteiger partial charge in [0.1, 0.15) is 12.4 Å². The fourth-order valence-electron chi connectivity index (χ4n) is 1.48. The van der Waals surface area contributed by atoms with Crippen molar-refractivity contribution in [1.82, 2.24) is 5.32 Å². The number of carbonyl (C=O) groups is 2. The van der Waals surface area contributed by atoms with Crippen molar-refractivity contribution in [3.8, 4) is 5.75 Å². The maximum absolute atomic E-state index is 11.4. The van der Waals surface area contributed by atoms with Gasteiger partial charge in [-0.1, -0.05) is 6.92 Å². The number of benzene rings is 1. The van der Waals surface area contributed by atoms with Crippen molar-refractivity contribution in [3.05, 3.63) is 34.4 Å². The predicted molar refractivity (Wildman–Crippen MR) is 73.0 cm³/mol. The van der Waals surface area contributed by atoms with Gasteiger partial charge >= 0.3 is 6.16 Å². The van der Waals surface area contributed by atoms with E-state index in [2.05, 4.69) is 5.32 Å². The Kier molecular flexibility index (Phi) is 6.12. The van der Waals surface area contributed by atoms with Gasteiger partial charge in [-0.05, 0) is 18.6 Å². The first-order valence-corrected chi connectivity index (χ1v) is 6.28. The van der Waals surface area contributed by atoms with Gasteiger partial charge in [0.05, 0.1) is 11.0 Å². The molecule has 1 N–H and O–H groups in total. The van der Waals surface area contributed by atoms with Crippen LogP contribution in [0.2, 0.25) is 0 Å². The molecule has 114 valence electrons. The van der Waals surface area contributed by atoms with E-state index in [4.69, 9.17) is 9.47 Å². The molecule has 0 bridgehead atoms. The van der Waals surface area contributed by atoms with Crippen molar-refractivity contribution >= 4 is 17.7 Å². The summed E-state index contributed by atoms with van der Waals surface area (Å²) in [5.41, 5.74) is -0.104. The number of nitrogens with one attached hydrogen (secondary N) is 1. The lowest BCUT2D eigenvalue weighted by molar-refractivity contribution is -0.384. The van der Waals surface area contributed by atoms with Crippen molar-refractivity contribution in [2.75, 3.05) is 6.61 Å². The molecule has 8 nitrogen and oxygen atoms in total. The Morgan fingerprint density at radius 1 is 1.33 bits per heavy atom. The molecule has 0 radical (unpaired) electrons. The van der Waals surface area contributed by atoms with Crippen molar-refractivity contribution in [1.29, 1.82) is 0 Å². The maximum Gasteiger partial charge on any atom is 0.513 e. The second-order valence-electron chi connectivity index (χ2n) is 4.22.